The third-order valence-corrected chi connectivity index (χ3v) is 3.68. The molecule has 1 saturated carbocycles. The average molecular weight is 301 g/mol. The maximum Gasteiger partial charge on any atom is 0.336 e. The van der Waals surface area contributed by atoms with Gasteiger partial charge in [-0.2, -0.15) is 0 Å². The number of ether oxygens (including phenoxy) is 1. The van der Waals surface area contributed by atoms with Crippen molar-refractivity contribution in [1.29, 1.82) is 0 Å². The van der Waals surface area contributed by atoms with Gasteiger partial charge in [0.15, 0.2) is 6.61 Å². The number of fused-ring (bicyclic) bond motifs is 1. The minimum Gasteiger partial charge on any atom is -0.484 e. The second-order valence-electron chi connectivity index (χ2n) is 5.96. The van der Waals surface area contributed by atoms with Gasteiger partial charge < -0.3 is 14.5 Å². The Hall–Kier alpha value is -2.30. The van der Waals surface area contributed by atoms with Crippen LogP contribution in [-0.2, 0) is 4.79 Å². The van der Waals surface area contributed by atoms with E-state index in [0.29, 0.717) is 17.4 Å². The molecule has 0 bridgehead atoms. The molecule has 116 valence electrons. The molecule has 0 aliphatic heterocycles. The average Bonchev–Trinajstić information content (AvgIpc) is 3.27. The van der Waals surface area contributed by atoms with E-state index in [2.05, 4.69) is 5.32 Å². The summed E-state index contributed by atoms with van der Waals surface area (Å²) in [6.07, 6.45) is 2.09. The third kappa shape index (κ3) is 3.30. The van der Waals surface area contributed by atoms with Crippen LogP contribution in [0.5, 0.6) is 5.75 Å². The molecule has 0 radical (unpaired) electrons. The Morgan fingerprint density at radius 1 is 1.36 bits per heavy atom. The van der Waals surface area contributed by atoms with Crippen molar-refractivity contribution in [2.24, 2.45) is 0 Å². The molecule has 1 heterocycles. The van der Waals surface area contributed by atoms with Crippen molar-refractivity contribution < 1.29 is 13.9 Å². The van der Waals surface area contributed by atoms with E-state index in [1.807, 2.05) is 19.9 Å². The number of nitrogens with one attached hydrogen (secondary N) is 1. The van der Waals surface area contributed by atoms with Crippen LogP contribution in [0.2, 0.25) is 0 Å². The molecule has 1 aliphatic carbocycles. The molecule has 0 unspecified atom stereocenters. The van der Waals surface area contributed by atoms with Crippen LogP contribution in [0.3, 0.4) is 0 Å². The highest BCUT2D eigenvalue weighted by atomic mass is 16.5. The molecule has 0 spiro atoms. The van der Waals surface area contributed by atoms with Gasteiger partial charge in [-0.25, -0.2) is 4.79 Å². The second-order valence-corrected chi connectivity index (χ2v) is 5.96. The van der Waals surface area contributed by atoms with Crippen molar-refractivity contribution in [3.8, 4) is 5.75 Å². The van der Waals surface area contributed by atoms with Gasteiger partial charge in [-0.05, 0) is 36.5 Å². The largest absolute Gasteiger partial charge is 0.484 e. The predicted molar refractivity (Wildman–Crippen MR) is 83.2 cm³/mol. The van der Waals surface area contributed by atoms with Crippen molar-refractivity contribution >= 4 is 16.9 Å². The molecular weight excluding hydrogens is 282 g/mol. The molecule has 1 aliphatic rings. The molecule has 1 amide bonds. The molecule has 3 rings (SSSR count). The van der Waals surface area contributed by atoms with Gasteiger partial charge in [-0.3, -0.25) is 4.79 Å². The molecule has 1 fully saturated rings. The van der Waals surface area contributed by atoms with Crippen LogP contribution in [0, 0.1) is 0 Å². The fourth-order valence-electron chi connectivity index (χ4n) is 2.38. The Labute approximate surface area is 128 Å². The summed E-state index contributed by atoms with van der Waals surface area (Å²) in [5.41, 5.74) is 1.06. The summed E-state index contributed by atoms with van der Waals surface area (Å²) >= 11 is 0. The molecule has 1 aromatic carbocycles. The normalized spacial score (nSPS) is 14.3. The van der Waals surface area contributed by atoms with Crippen LogP contribution in [0.1, 0.15) is 38.2 Å². The van der Waals surface area contributed by atoms with Crippen molar-refractivity contribution in [3.63, 3.8) is 0 Å². The zero-order valence-electron chi connectivity index (χ0n) is 12.7. The van der Waals surface area contributed by atoms with Crippen LogP contribution in [0.4, 0.5) is 0 Å². The molecule has 1 aromatic heterocycles. The number of benzene rings is 1. The van der Waals surface area contributed by atoms with Gasteiger partial charge in [0.05, 0.1) is 0 Å². The van der Waals surface area contributed by atoms with Crippen LogP contribution >= 0.6 is 0 Å². The molecule has 5 heteroatoms. The first-order valence-electron chi connectivity index (χ1n) is 7.53. The lowest BCUT2D eigenvalue weighted by molar-refractivity contribution is -0.123. The number of amides is 1. The monoisotopic (exact) mass is 301 g/mol. The van der Waals surface area contributed by atoms with Gasteiger partial charge in [-0.1, -0.05) is 13.8 Å². The maximum absolute atomic E-state index is 11.6. The third-order valence-electron chi connectivity index (χ3n) is 3.68. The smallest absolute Gasteiger partial charge is 0.336 e. The van der Waals surface area contributed by atoms with E-state index < -0.39 is 0 Å². The lowest BCUT2D eigenvalue weighted by Crippen LogP contribution is -2.30. The number of hydrogen-bond donors (Lipinski definition) is 1. The summed E-state index contributed by atoms with van der Waals surface area (Å²) in [5.74, 6) is 0.616. The van der Waals surface area contributed by atoms with Gasteiger partial charge in [0.1, 0.15) is 11.3 Å². The lowest BCUT2D eigenvalue weighted by atomic mass is 10.00. The van der Waals surface area contributed by atoms with E-state index in [9.17, 15) is 9.59 Å². The topological polar surface area (TPSA) is 68.5 Å². The number of carbonyl (C=O) groups excluding carboxylic acids is 1. The number of hydrogen-bond acceptors (Lipinski definition) is 4. The van der Waals surface area contributed by atoms with Crippen LogP contribution < -0.4 is 15.7 Å². The maximum atomic E-state index is 11.6. The summed E-state index contributed by atoms with van der Waals surface area (Å²) in [7, 11) is 0. The van der Waals surface area contributed by atoms with Gasteiger partial charge in [0, 0.05) is 23.6 Å². The van der Waals surface area contributed by atoms with Crippen LogP contribution in [-0.4, -0.2) is 18.6 Å². The van der Waals surface area contributed by atoms with E-state index >= 15 is 0 Å². The van der Waals surface area contributed by atoms with Crippen LogP contribution in [0.15, 0.2) is 33.5 Å². The quantitative estimate of drug-likeness (QED) is 0.862. The molecule has 5 nitrogen and oxygen atoms in total. The molecule has 0 atom stereocenters. The Morgan fingerprint density at radius 3 is 2.82 bits per heavy atom. The Balaban J connectivity index is 1.80. The highest BCUT2D eigenvalue weighted by molar-refractivity contribution is 5.82. The standard InChI is InChI=1S/C17H19NO4/c1-10(2)14-8-17(20)22-15-7-12(5-6-13(14)15)21-9-16(19)18-11-3-4-11/h5-8,10-11H,3-4,9H2,1-2H3,(H,18,19). The van der Waals surface area contributed by atoms with E-state index in [1.165, 1.54) is 6.07 Å². The second kappa shape index (κ2) is 5.83. The van der Waals surface area contributed by atoms with E-state index in [1.54, 1.807) is 12.1 Å². The summed E-state index contributed by atoms with van der Waals surface area (Å²) in [6.45, 7) is 4.03. The summed E-state index contributed by atoms with van der Waals surface area (Å²) < 4.78 is 10.7. The van der Waals surface area contributed by atoms with Crippen molar-refractivity contribution in [2.75, 3.05) is 6.61 Å². The Morgan fingerprint density at radius 2 is 2.14 bits per heavy atom. The minimum atomic E-state index is -0.375. The van der Waals surface area contributed by atoms with E-state index in [0.717, 1.165) is 23.8 Å². The fourth-order valence-corrected chi connectivity index (χ4v) is 2.38. The lowest BCUT2D eigenvalue weighted by Gasteiger charge is -2.10. The van der Waals surface area contributed by atoms with Gasteiger partial charge in [0.25, 0.3) is 5.91 Å². The molecular formula is C17H19NO4. The van der Waals surface area contributed by atoms with Gasteiger partial charge in [-0.15, -0.1) is 0 Å². The number of carbonyl (C=O) groups is 1. The summed E-state index contributed by atoms with van der Waals surface area (Å²) in [4.78, 5) is 23.3. The van der Waals surface area contributed by atoms with E-state index in [4.69, 9.17) is 9.15 Å². The highest BCUT2D eigenvalue weighted by Gasteiger charge is 2.23. The zero-order chi connectivity index (χ0) is 15.7. The molecule has 1 N–H and O–H groups in total. The number of rotatable bonds is 5. The van der Waals surface area contributed by atoms with Gasteiger partial charge in [0.2, 0.25) is 0 Å². The molecule has 2 aromatic rings. The Kier molecular flexibility index (Phi) is 3.88. The summed E-state index contributed by atoms with van der Waals surface area (Å²) in [5, 5.41) is 3.75. The molecule has 22 heavy (non-hydrogen) atoms. The first-order valence-corrected chi connectivity index (χ1v) is 7.53. The van der Waals surface area contributed by atoms with Gasteiger partial charge >= 0.3 is 5.63 Å². The van der Waals surface area contributed by atoms with Crippen molar-refractivity contribution in [2.45, 2.75) is 38.6 Å². The van der Waals surface area contributed by atoms with Crippen molar-refractivity contribution in [3.05, 3.63) is 40.2 Å². The zero-order valence-corrected chi connectivity index (χ0v) is 12.7. The van der Waals surface area contributed by atoms with Crippen molar-refractivity contribution in [1.82, 2.24) is 5.32 Å². The first-order chi connectivity index (χ1) is 10.5. The fraction of sp³-hybridized carbons (Fsp3) is 0.412. The molecule has 0 saturated heterocycles. The van der Waals surface area contributed by atoms with E-state index in [-0.39, 0.29) is 24.1 Å². The highest BCUT2D eigenvalue weighted by Crippen LogP contribution is 2.27. The predicted octanol–water partition coefficient (Wildman–Crippen LogP) is 2.57. The van der Waals surface area contributed by atoms with Crippen LogP contribution in [0.25, 0.3) is 11.0 Å². The SMILES string of the molecule is CC(C)c1cc(=O)oc2cc(OCC(=O)NC3CC3)ccc12. The first kappa shape index (κ1) is 14.6. The Bertz CT molecular complexity index is 759. The summed E-state index contributed by atoms with van der Waals surface area (Å²) in [6, 6.07) is 7.16. The minimum absolute atomic E-state index is 0.0316.